The number of rotatable bonds is 3. The van der Waals surface area contributed by atoms with Gasteiger partial charge in [0.05, 0.1) is 15.7 Å². The van der Waals surface area contributed by atoms with Gasteiger partial charge in [-0.05, 0) is 35.9 Å². The van der Waals surface area contributed by atoms with Crippen LogP contribution in [0, 0.1) is 5.82 Å². The molecule has 2 rings (SSSR count). The molecule has 1 N–H and O–H groups in total. The van der Waals surface area contributed by atoms with Crippen LogP contribution in [0.15, 0.2) is 48.5 Å². The first-order valence-electron chi connectivity index (χ1n) is 5.75. The third-order valence-electron chi connectivity index (χ3n) is 2.51. The molecule has 0 aliphatic carbocycles. The average molecular weight is 310 g/mol. The molecule has 0 spiro atoms. The molecule has 1 amide bonds. The molecule has 0 saturated heterocycles. The summed E-state index contributed by atoms with van der Waals surface area (Å²) in [6.07, 6.45) is 2.91. The minimum atomic E-state index is -0.349. The van der Waals surface area contributed by atoms with Crippen molar-refractivity contribution in [3.8, 4) is 0 Å². The Kier molecular flexibility index (Phi) is 4.77. The van der Waals surface area contributed by atoms with Gasteiger partial charge in [0.15, 0.2) is 0 Å². The van der Waals surface area contributed by atoms with E-state index in [-0.39, 0.29) is 16.7 Å². The lowest BCUT2D eigenvalue weighted by atomic mass is 10.2. The fourth-order valence-electron chi connectivity index (χ4n) is 1.52. The standard InChI is InChI=1S/C15H10Cl2FNO/c16-12-2-1-3-13(15(12)17)19-14(20)9-6-10-4-7-11(18)8-5-10/h1-9H,(H,19,20)/b9-6-. The van der Waals surface area contributed by atoms with Crippen molar-refractivity contribution >= 4 is 40.9 Å². The van der Waals surface area contributed by atoms with Gasteiger partial charge in [-0.1, -0.05) is 41.4 Å². The predicted molar refractivity (Wildman–Crippen MR) is 80.5 cm³/mol. The van der Waals surface area contributed by atoms with Crippen molar-refractivity contribution in [2.75, 3.05) is 5.32 Å². The first-order chi connectivity index (χ1) is 9.56. The highest BCUT2D eigenvalue weighted by Crippen LogP contribution is 2.29. The van der Waals surface area contributed by atoms with Gasteiger partial charge in [-0.15, -0.1) is 0 Å². The lowest BCUT2D eigenvalue weighted by Gasteiger charge is -2.05. The van der Waals surface area contributed by atoms with Crippen LogP contribution in [0.25, 0.3) is 6.08 Å². The maximum atomic E-state index is 12.7. The molecule has 0 bridgehead atoms. The van der Waals surface area contributed by atoms with Crippen LogP contribution >= 0.6 is 23.2 Å². The summed E-state index contributed by atoms with van der Waals surface area (Å²) in [6, 6.07) is 10.8. The average Bonchev–Trinajstić information content (AvgIpc) is 2.43. The van der Waals surface area contributed by atoms with E-state index in [1.807, 2.05) is 0 Å². The maximum Gasteiger partial charge on any atom is 0.248 e. The molecule has 0 heterocycles. The van der Waals surface area contributed by atoms with Crippen molar-refractivity contribution in [1.29, 1.82) is 0 Å². The lowest BCUT2D eigenvalue weighted by molar-refractivity contribution is -0.111. The number of anilines is 1. The van der Waals surface area contributed by atoms with Crippen molar-refractivity contribution in [2.24, 2.45) is 0 Å². The van der Waals surface area contributed by atoms with E-state index in [1.54, 1.807) is 36.4 Å². The highest BCUT2D eigenvalue weighted by molar-refractivity contribution is 6.44. The van der Waals surface area contributed by atoms with Crippen molar-refractivity contribution in [1.82, 2.24) is 0 Å². The number of nitrogens with one attached hydrogen (secondary N) is 1. The van der Waals surface area contributed by atoms with E-state index in [4.69, 9.17) is 23.2 Å². The summed E-state index contributed by atoms with van der Waals surface area (Å²) in [5.74, 6) is -0.671. The summed E-state index contributed by atoms with van der Waals surface area (Å²) in [6.45, 7) is 0. The quantitative estimate of drug-likeness (QED) is 0.812. The van der Waals surface area contributed by atoms with Gasteiger partial charge in [-0.3, -0.25) is 4.79 Å². The third kappa shape index (κ3) is 3.83. The molecular formula is C15H10Cl2FNO. The van der Waals surface area contributed by atoms with Gasteiger partial charge in [0.25, 0.3) is 0 Å². The number of halogens is 3. The molecule has 0 aliphatic heterocycles. The Hall–Kier alpha value is -1.84. The summed E-state index contributed by atoms with van der Waals surface area (Å²) in [5.41, 5.74) is 1.16. The first-order valence-corrected chi connectivity index (χ1v) is 6.50. The molecular weight excluding hydrogens is 300 g/mol. The highest BCUT2D eigenvalue weighted by Gasteiger charge is 2.05. The molecule has 0 aliphatic rings. The second-order valence-corrected chi connectivity index (χ2v) is 4.76. The van der Waals surface area contributed by atoms with E-state index in [1.165, 1.54) is 18.2 Å². The molecule has 0 unspecified atom stereocenters. The Morgan fingerprint density at radius 2 is 1.80 bits per heavy atom. The van der Waals surface area contributed by atoms with Crippen LogP contribution in [0.4, 0.5) is 10.1 Å². The van der Waals surface area contributed by atoms with Crippen molar-refractivity contribution in [3.63, 3.8) is 0 Å². The zero-order chi connectivity index (χ0) is 14.5. The number of carbonyl (C=O) groups is 1. The molecule has 2 nitrogen and oxygen atoms in total. The van der Waals surface area contributed by atoms with Gasteiger partial charge in [0.1, 0.15) is 5.82 Å². The number of hydrogen-bond donors (Lipinski definition) is 1. The highest BCUT2D eigenvalue weighted by atomic mass is 35.5. The largest absolute Gasteiger partial charge is 0.321 e. The molecule has 0 atom stereocenters. The van der Waals surface area contributed by atoms with E-state index < -0.39 is 0 Å². The Labute approximate surface area is 125 Å². The Morgan fingerprint density at radius 3 is 2.50 bits per heavy atom. The summed E-state index contributed by atoms with van der Waals surface area (Å²) >= 11 is 11.8. The molecule has 5 heteroatoms. The first kappa shape index (κ1) is 14.6. The molecule has 0 saturated carbocycles. The van der Waals surface area contributed by atoms with Crippen LogP contribution < -0.4 is 5.32 Å². The van der Waals surface area contributed by atoms with Gasteiger partial charge in [-0.25, -0.2) is 4.39 Å². The second kappa shape index (κ2) is 6.55. The number of amides is 1. The molecule has 0 radical (unpaired) electrons. The van der Waals surface area contributed by atoms with Gasteiger partial charge in [0, 0.05) is 6.08 Å². The summed E-state index contributed by atoms with van der Waals surface area (Å²) in [7, 11) is 0. The predicted octanol–water partition coefficient (Wildman–Crippen LogP) is 4.78. The molecule has 0 fully saturated rings. The second-order valence-electron chi connectivity index (χ2n) is 3.98. The number of carbonyl (C=O) groups excluding carboxylic acids is 1. The maximum absolute atomic E-state index is 12.7. The lowest BCUT2D eigenvalue weighted by Crippen LogP contribution is -2.08. The van der Waals surface area contributed by atoms with Crippen LogP contribution in [0.3, 0.4) is 0 Å². The SMILES string of the molecule is O=C(/C=C\c1ccc(F)cc1)Nc1cccc(Cl)c1Cl. The van der Waals surface area contributed by atoms with E-state index in [0.717, 1.165) is 5.56 Å². The monoisotopic (exact) mass is 309 g/mol. The smallest absolute Gasteiger partial charge is 0.248 e. The van der Waals surface area contributed by atoms with Gasteiger partial charge < -0.3 is 5.32 Å². The zero-order valence-corrected chi connectivity index (χ0v) is 11.8. The third-order valence-corrected chi connectivity index (χ3v) is 3.33. The minimum absolute atomic E-state index is 0.290. The van der Waals surface area contributed by atoms with Crippen LogP contribution in [0.2, 0.25) is 10.0 Å². The van der Waals surface area contributed by atoms with Crippen LogP contribution in [-0.2, 0) is 4.79 Å². The Morgan fingerprint density at radius 1 is 1.10 bits per heavy atom. The normalized spacial score (nSPS) is 10.8. The van der Waals surface area contributed by atoms with Crippen LogP contribution in [0.1, 0.15) is 5.56 Å². The zero-order valence-electron chi connectivity index (χ0n) is 10.2. The van der Waals surface area contributed by atoms with Crippen molar-refractivity contribution < 1.29 is 9.18 Å². The molecule has 2 aromatic rings. The van der Waals surface area contributed by atoms with E-state index >= 15 is 0 Å². The van der Waals surface area contributed by atoms with E-state index in [0.29, 0.717) is 10.7 Å². The number of benzene rings is 2. The van der Waals surface area contributed by atoms with Crippen LogP contribution in [0.5, 0.6) is 0 Å². The molecule has 20 heavy (non-hydrogen) atoms. The minimum Gasteiger partial charge on any atom is -0.321 e. The van der Waals surface area contributed by atoms with Gasteiger partial charge in [-0.2, -0.15) is 0 Å². The molecule has 0 aromatic heterocycles. The van der Waals surface area contributed by atoms with Crippen LogP contribution in [-0.4, -0.2) is 5.91 Å². The Bertz CT molecular complexity index is 653. The van der Waals surface area contributed by atoms with E-state index in [9.17, 15) is 9.18 Å². The van der Waals surface area contributed by atoms with Gasteiger partial charge in [0.2, 0.25) is 5.91 Å². The fraction of sp³-hybridized carbons (Fsp3) is 0. The van der Waals surface area contributed by atoms with Crippen molar-refractivity contribution in [2.45, 2.75) is 0 Å². The van der Waals surface area contributed by atoms with Gasteiger partial charge >= 0.3 is 0 Å². The van der Waals surface area contributed by atoms with Crippen molar-refractivity contribution in [3.05, 3.63) is 70.0 Å². The fourth-order valence-corrected chi connectivity index (χ4v) is 1.87. The molecule has 102 valence electrons. The summed E-state index contributed by atoms with van der Waals surface area (Å²) in [5, 5.41) is 3.27. The number of hydrogen-bond acceptors (Lipinski definition) is 1. The summed E-state index contributed by atoms with van der Waals surface area (Å²) in [4.78, 5) is 11.7. The van der Waals surface area contributed by atoms with E-state index in [2.05, 4.69) is 5.32 Å². The summed E-state index contributed by atoms with van der Waals surface area (Å²) < 4.78 is 12.7. The Balaban J connectivity index is 2.05. The topological polar surface area (TPSA) is 29.1 Å². The molecule has 2 aromatic carbocycles.